The van der Waals surface area contributed by atoms with E-state index in [1.54, 1.807) is 37.3 Å². The van der Waals surface area contributed by atoms with Crippen molar-refractivity contribution < 1.29 is 14.3 Å². The number of hydrogen-bond donors (Lipinski definition) is 3. The number of aryl methyl sites for hydroxylation is 1. The maximum Gasteiger partial charge on any atom is 0.270 e. The maximum atomic E-state index is 13.7. The van der Waals surface area contributed by atoms with Crippen molar-refractivity contribution in [2.75, 3.05) is 0 Å². The maximum absolute atomic E-state index is 13.7. The average molecular weight is 360 g/mol. The smallest absolute Gasteiger partial charge is 0.270 e. The minimum atomic E-state index is -0.821. The summed E-state index contributed by atoms with van der Waals surface area (Å²) in [6.45, 7) is 1.78. The lowest BCUT2D eigenvalue weighted by Crippen LogP contribution is -2.30. The van der Waals surface area contributed by atoms with Crippen LogP contribution in [0.4, 0.5) is 4.39 Å². The Morgan fingerprint density at radius 1 is 1.28 bits per heavy atom. The van der Waals surface area contributed by atoms with Gasteiger partial charge in [-0.25, -0.2) is 9.37 Å². The number of rotatable bonds is 4. The largest absolute Gasteiger partial charge is 0.508 e. The molecule has 0 aliphatic heterocycles. The lowest BCUT2D eigenvalue weighted by molar-refractivity contribution is 0.0937. The molecular formula is C18H15ClFN3O2. The van der Waals surface area contributed by atoms with Gasteiger partial charge in [0, 0.05) is 17.0 Å². The van der Waals surface area contributed by atoms with Crippen molar-refractivity contribution in [3.63, 3.8) is 0 Å². The summed E-state index contributed by atoms with van der Waals surface area (Å²) in [5, 5.41) is 13.2. The Morgan fingerprint density at radius 3 is 2.76 bits per heavy atom. The van der Waals surface area contributed by atoms with Crippen LogP contribution in [0.2, 0.25) is 5.15 Å². The minimum absolute atomic E-state index is 0.144. The lowest BCUT2D eigenvalue weighted by Gasteiger charge is -2.19. The fraction of sp³-hybridized carbons (Fsp3) is 0.111. The molecule has 3 aromatic rings. The van der Waals surface area contributed by atoms with Gasteiger partial charge in [-0.1, -0.05) is 17.7 Å². The molecule has 2 heterocycles. The van der Waals surface area contributed by atoms with Gasteiger partial charge in [-0.15, -0.1) is 0 Å². The van der Waals surface area contributed by atoms with Gasteiger partial charge in [0.05, 0.1) is 6.04 Å². The van der Waals surface area contributed by atoms with E-state index in [0.717, 1.165) is 6.07 Å². The molecule has 0 spiro atoms. The van der Waals surface area contributed by atoms with Crippen molar-refractivity contribution in [2.45, 2.75) is 13.0 Å². The Bertz CT molecular complexity index is 926. The summed E-state index contributed by atoms with van der Waals surface area (Å²) in [6, 6.07) is 11.1. The second kappa shape index (κ2) is 6.94. The van der Waals surface area contributed by atoms with Gasteiger partial charge in [0.25, 0.3) is 5.91 Å². The molecule has 1 amide bonds. The number of carbonyl (C=O) groups is 1. The molecule has 0 saturated heterocycles. The summed E-state index contributed by atoms with van der Waals surface area (Å²) in [5.41, 5.74) is 1.63. The van der Waals surface area contributed by atoms with Crippen molar-refractivity contribution in [2.24, 2.45) is 0 Å². The number of nitrogens with zero attached hydrogens (tertiary/aromatic N) is 1. The Hall–Kier alpha value is -2.86. The highest BCUT2D eigenvalue weighted by Crippen LogP contribution is 2.30. The Morgan fingerprint density at radius 2 is 2.08 bits per heavy atom. The van der Waals surface area contributed by atoms with E-state index < -0.39 is 17.8 Å². The first-order chi connectivity index (χ1) is 11.9. The van der Waals surface area contributed by atoms with Crippen molar-refractivity contribution in [1.82, 2.24) is 15.3 Å². The normalized spacial score (nSPS) is 12.0. The number of hydrogen-bond acceptors (Lipinski definition) is 3. The molecule has 0 saturated carbocycles. The van der Waals surface area contributed by atoms with E-state index in [4.69, 9.17) is 11.6 Å². The number of nitrogens with one attached hydrogen (secondary N) is 2. The van der Waals surface area contributed by atoms with E-state index in [0.29, 0.717) is 16.5 Å². The highest BCUT2D eigenvalue weighted by molar-refractivity contribution is 6.29. The van der Waals surface area contributed by atoms with Crippen LogP contribution in [0.5, 0.6) is 5.75 Å². The van der Waals surface area contributed by atoms with Crippen molar-refractivity contribution in [3.05, 3.63) is 82.1 Å². The van der Waals surface area contributed by atoms with Crippen LogP contribution in [-0.4, -0.2) is 21.0 Å². The molecule has 0 radical (unpaired) electrons. The number of H-pyrrole nitrogens is 1. The SMILES string of the molecule is Cc1cccc(C(=O)NC(c2ccc(Cl)[nH]2)c2cc(F)ccc2O)n1. The van der Waals surface area contributed by atoms with Gasteiger partial charge in [0.1, 0.15) is 22.4 Å². The minimum Gasteiger partial charge on any atom is -0.508 e. The first-order valence-corrected chi connectivity index (χ1v) is 7.89. The molecular weight excluding hydrogens is 345 g/mol. The zero-order chi connectivity index (χ0) is 18.0. The second-order valence-electron chi connectivity index (χ2n) is 5.54. The molecule has 2 aromatic heterocycles. The predicted octanol–water partition coefficient (Wildman–Crippen LogP) is 3.74. The summed E-state index contributed by atoms with van der Waals surface area (Å²) in [5.74, 6) is -1.13. The van der Waals surface area contributed by atoms with Crippen LogP contribution in [-0.2, 0) is 0 Å². The number of aromatic amines is 1. The van der Waals surface area contributed by atoms with Crippen molar-refractivity contribution in [1.29, 1.82) is 0 Å². The first kappa shape index (κ1) is 17.0. The van der Waals surface area contributed by atoms with Gasteiger partial charge >= 0.3 is 0 Å². The average Bonchev–Trinajstić information content (AvgIpc) is 3.01. The van der Waals surface area contributed by atoms with Gasteiger partial charge in [-0.3, -0.25) is 4.79 Å². The van der Waals surface area contributed by atoms with Gasteiger partial charge < -0.3 is 15.4 Å². The molecule has 1 unspecified atom stereocenters. The van der Waals surface area contributed by atoms with Crippen LogP contribution in [0, 0.1) is 12.7 Å². The van der Waals surface area contributed by atoms with Gasteiger partial charge in [-0.05, 0) is 49.4 Å². The quantitative estimate of drug-likeness (QED) is 0.664. The topological polar surface area (TPSA) is 78.0 Å². The number of phenols is 1. The third-order valence-corrected chi connectivity index (χ3v) is 3.90. The van der Waals surface area contributed by atoms with Gasteiger partial charge in [0.2, 0.25) is 0 Å². The van der Waals surface area contributed by atoms with E-state index in [2.05, 4.69) is 15.3 Å². The van der Waals surface area contributed by atoms with Crippen LogP contribution in [0.1, 0.15) is 33.5 Å². The monoisotopic (exact) mass is 359 g/mol. The van der Waals surface area contributed by atoms with Crippen LogP contribution < -0.4 is 5.32 Å². The first-order valence-electron chi connectivity index (χ1n) is 7.51. The van der Waals surface area contributed by atoms with E-state index >= 15 is 0 Å². The van der Waals surface area contributed by atoms with Crippen molar-refractivity contribution >= 4 is 17.5 Å². The molecule has 3 N–H and O–H groups in total. The standard InChI is InChI=1S/C18H15ClFN3O2/c1-10-3-2-4-14(21-10)18(25)23-17(13-6-8-16(19)22-13)12-9-11(20)5-7-15(12)24/h2-9,17,22,24H,1H3,(H,23,25). The highest BCUT2D eigenvalue weighted by atomic mass is 35.5. The molecule has 7 heteroatoms. The molecule has 5 nitrogen and oxygen atoms in total. The number of halogens is 2. The Labute approximate surface area is 148 Å². The third kappa shape index (κ3) is 3.80. The number of benzene rings is 1. The number of carbonyl (C=O) groups excluding carboxylic acids is 1. The third-order valence-electron chi connectivity index (χ3n) is 3.68. The molecule has 0 aliphatic rings. The fourth-order valence-corrected chi connectivity index (χ4v) is 2.68. The van der Waals surface area contributed by atoms with Crippen LogP contribution >= 0.6 is 11.6 Å². The zero-order valence-corrected chi connectivity index (χ0v) is 14.0. The number of amides is 1. The van der Waals surface area contributed by atoms with E-state index in [1.165, 1.54) is 12.1 Å². The number of pyridine rings is 1. The second-order valence-corrected chi connectivity index (χ2v) is 5.94. The van der Waals surface area contributed by atoms with E-state index in [9.17, 15) is 14.3 Å². The van der Waals surface area contributed by atoms with Gasteiger partial charge in [-0.2, -0.15) is 0 Å². The summed E-state index contributed by atoms with van der Waals surface area (Å²) in [6.07, 6.45) is 0. The molecule has 1 aromatic carbocycles. The Balaban J connectivity index is 2.00. The van der Waals surface area contributed by atoms with Crippen LogP contribution in [0.25, 0.3) is 0 Å². The highest BCUT2D eigenvalue weighted by Gasteiger charge is 2.23. The molecule has 0 bridgehead atoms. The molecule has 0 aliphatic carbocycles. The summed E-state index contributed by atoms with van der Waals surface area (Å²) in [4.78, 5) is 19.6. The Kier molecular flexibility index (Phi) is 4.72. The molecule has 0 fully saturated rings. The molecule has 1 atom stereocenters. The van der Waals surface area contributed by atoms with E-state index in [-0.39, 0.29) is 17.0 Å². The number of aromatic nitrogens is 2. The van der Waals surface area contributed by atoms with Crippen molar-refractivity contribution in [3.8, 4) is 5.75 Å². The number of aromatic hydroxyl groups is 1. The molecule has 128 valence electrons. The predicted molar refractivity (Wildman–Crippen MR) is 92.2 cm³/mol. The lowest BCUT2D eigenvalue weighted by atomic mass is 10.0. The summed E-state index contributed by atoms with van der Waals surface area (Å²) < 4.78 is 13.7. The zero-order valence-electron chi connectivity index (χ0n) is 13.3. The molecule has 3 rings (SSSR count). The van der Waals surface area contributed by atoms with Crippen LogP contribution in [0.15, 0.2) is 48.5 Å². The fourth-order valence-electron chi connectivity index (χ4n) is 2.51. The molecule has 25 heavy (non-hydrogen) atoms. The van der Waals surface area contributed by atoms with E-state index in [1.807, 2.05) is 0 Å². The summed E-state index contributed by atoms with van der Waals surface area (Å²) >= 11 is 5.92. The summed E-state index contributed by atoms with van der Waals surface area (Å²) in [7, 11) is 0. The van der Waals surface area contributed by atoms with Crippen LogP contribution in [0.3, 0.4) is 0 Å². The number of phenolic OH excluding ortho intramolecular Hbond substituents is 1. The van der Waals surface area contributed by atoms with Gasteiger partial charge in [0.15, 0.2) is 0 Å².